The summed E-state index contributed by atoms with van der Waals surface area (Å²) in [7, 11) is 0. The Morgan fingerprint density at radius 2 is 1.88 bits per heavy atom. The zero-order valence-electron chi connectivity index (χ0n) is 9.02. The molecule has 0 N–H and O–H groups in total. The summed E-state index contributed by atoms with van der Waals surface area (Å²) in [5.41, 5.74) is 0.967. The molecule has 0 saturated heterocycles. The zero-order chi connectivity index (χ0) is 12.2. The highest BCUT2D eigenvalue weighted by molar-refractivity contribution is 9.10. The molecule has 4 heteroatoms. The van der Waals surface area contributed by atoms with Gasteiger partial charge in [0.15, 0.2) is 0 Å². The summed E-state index contributed by atoms with van der Waals surface area (Å²) in [6, 6.07) is 7.47. The standard InChI is InChI=1S/C12H14BrF3/c1-2-9(7-8-12(14,15)16)10-5-3-4-6-11(10)13/h3-6,9H,2,7-8H2,1H3. The molecule has 16 heavy (non-hydrogen) atoms. The predicted molar refractivity (Wildman–Crippen MR) is 62.5 cm³/mol. The summed E-state index contributed by atoms with van der Waals surface area (Å²) in [5, 5.41) is 0. The second kappa shape index (κ2) is 5.71. The Hall–Kier alpha value is -0.510. The van der Waals surface area contributed by atoms with Gasteiger partial charge in [0.1, 0.15) is 0 Å². The number of alkyl halides is 3. The van der Waals surface area contributed by atoms with Crippen molar-refractivity contribution in [3.05, 3.63) is 34.3 Å². The smallest absolute Gasteiger partial charge is 0.171 e. The van der Waals surface area contributed by atoms with E-state index in [9.17, 15) is 13.2 Å². The van der Waals surface area contributed by atoms with Gasteiger partial charge in [-0.2, -0.15) is 13.2 Å². The van der Waals surface area contributed by atoms with Crippen LogP contribution in [0.3, 0.4) is 0 Å². The highest BCUT2D eigenvalue weighted by Gasteiger charge is 2.28. The second-order valence-corrected chi connectivity index (χ2v) is 4.63. The summed E-state index contributed by atoms with van der Waals surface area (Å²) in [4.78, 5) is 0. The summed E-state index contributed by atoms with van der Waals surface area (Å²) >= 11 is 3.38. The van der Waals surface area contributed by atoms with Crippen molar-refractivity contribution in [3.8, 4) is 0 Å². The Morgan fingerprint density at radius 1 is 1.25 bits per heavy atom. The first kappa shape index (κ1) is 13.6. The Labute approximate surface area is 102 Å². The molecule has 1 unspecified atom stereocenters. The number of hydrogen-bond donors (Lipinski definition) is 0. The van der Waals surface area contributed by atoms with Gasteiger partial charge < -0.3 is 0 Å². The molecule has 0 radical (unpaired) electrons. The summed E-state index contributed by atoms with van der Waals surface area (Å²) in [5.74, 6) is -0.0304. The van der Waals surface area contributed by atoms with E-state index in [1.54, 1.807) is 0 Å². The van der Waals surface area contributed by atoms with Gasteiger partial charge in [-0.1, -0.05) is 41.1 Å². The van der Waals surface area contributed by atoms with E-state index in [0.29, 0.717) is 0 Å². The Morgan fingerprint density at radius 3 is 2.38 bits per heavy atom. The number of hydrogen-bond acceptors (Lipinski definition) is 0. The molecule has 1 aromatic carbocycles. The summed E-state index contributed by atoms with van der Waals surface area (Å²) in [6.45, 7) is 1.92. The third-order valence-electron chi connectivity index (χ3n) is 2.61. The molecule has 0 heterocycles. The molecule has 0 spiro atoms. The lowest BCUT2D eigenvalue weighted by Crippen LogP contribution is -2.10. The molecule has 0 aliphatic carbocycles. The minimum Gasteiger partial charge on any atom is -0.171 e. The topological polar surface area (TPSA) is 0 Å². The minimum absolute atomic E-state index is 0.0304. The van der Waals surface area contributed by atoms with Crippen LogP contribution in [0.25, 0.3) is 0 Å². The van der Waals surface area contributed by atoms with E-state index in [1.807, 2.05) is 31.2 Å². The van der Waals surface area contributed by atoms with Crippen LogP contribution in [0.5, 0.6) is 0 Å². The van der Waals surface area contributed by atoms with Crippen molar-refractivity contribution in [2.75, 3.05) is 0 Å². The van der Waals surface area contributed by atoms with Crippen molar-refractivity contribution in [1.82, 2.24) is 0 Å². The van der Waals surface area contributed by atoms with Crippen LogP contribution in [0.4, 0.5) is 13.2 Å². The van der Waals surface area contributed by atoms with Crippen molar-refractivity contribution in [2.24, 2.45) is 0 Å². The lowest BCUT2D eigenvalue weighted by Gasteiger charge is -2.17. The van der Waals surface area contributed by atoms with E-state index < -0.39 is 12.6 Å². The lowest BCUT2D eigenvalue weighted by molar-refractivity contribution is -0.136. The SMILES string of the molecule is CCC(CCC(F)(F)F)c1ccccc1Br. The van der Waals surface area contributed by atoms with Crippen molar-refractivity contribution in [1.29, 1.82) is 0 Å². The van der Waals surface area contributed by atoms with Crippen LogP contribution < -0.4 is 0 Å². The third kappa shape index (κ3) is 4.16. The maximum atomic E-state index is 12.2. The van der Waals surface area contributed by atoms with Crippen molar-refractivity contribution in [3.63, 3.8) is 0 Å². The molecule has 0 nitrogen and oxygen atoms in total. The molecule has 0 fully saturated rings. The molecule has 0 aliphatic heterocycles. The van der Waals surface area contributed by atoms with Crippen molar-refractivity contribution >= 4 is 15.9 Å². The van der Waals surface area contributed by atoms with E-state index in [2.05, 4.69) is 15.9 Å². The van der Waals surface area contributed by atoms with Gasteiger partial charge in [-0.25, -0.2) is 0 Å². The average molecular weight is 295 g/mol. The molecule has 1 rings (SSSR count). The molecule has 0 amide bonds. The Bertz CT molecular complexity index is 333. The molecular weight excluding hydrogens is 281 g/mol. The molecule has 1 aromatic rings. The van der Waals surface area contributed by atoms with Crippen LogP contribution in [0.2, 0.25) is 0 Å². The van der Waals surface area contributed by atoms with E-state index in [0.717, 1.165) is 16.5 Å². The van der Waals surface area contributed by atoms with Gasteiger partial charge in [-0.05, 0) is 30.4 Å². The van der Waals surface area contributed by atoms with Gasteiger partial charge in [-0.3, -0.25) is 0 Å². The molecule has 0 aliphatic rings. The number of benzene rings is 1. The lowest BCUT2D eigenvalue weighted by atomic mass is 9.92. The van der Waals surface area contributed by atoms with Crippen LogP contribution in [-0.2, 0) is 0 Å². The fraction of sp³-hybridized carbons (Fsp3) is 0.500. The fourth-order valence-electron chi connectivity index (χ4n) is 1.72. The van der Waals surface area contributed by atoms with Crippen LogP contribution in [0.1, 0.15) is 37.7 Å². The van der Waals surface area contributed by atoms with Gasteiger partial charge in [-0.15, -0.1) is 0 Å². The Kier molecular flexibility index (Phi) is 4.84. The predicted octanol–water partition coefficient (Wildman–Crippen LogP) is 5.29. The number of rotatable bonds is 4. The van der Waals surface area contributed by atoms with Crippen molar-refractivity contribution in [2.45, 2.75) is 38.3 Å². The second-order valence-electron chi connectivity index (χ2n) is 3.78. The van der Waals surface area contributed by atoms with Gasteiger partial charge in [0.2, 0.25) is 0 Å². The largest absolute Gasteiger partial charge is 0.389 e. The van der Waals surface area contributed by atoms with Crippen LogP contribution in [0, 0.1) is 0 Å². The maximum absolute atomic E-state index is 12.2. The summed E-state index contributed by atoms with van der Waals surface area (Å²) < 4.78 is 37.4. The molecule has 90 valence electrons. The average Bonchev–Trinajstić information content (AvgIpc) is 2.20. The quantitative estimate of drug-likeness (QED) is 0.708. The highest BCUT2D eigenvalue weighted by Crippen LogP contribution is 2.34. The number of halogens is 4. The monoisotopic (exact) mass is 294 g/mol. The summed E-state index contributed by atoms with van der Waals surface area (Å²) in [6.07, 6.45) is -3.90. The molecule has 1 atom stereocenters. The maximum Gasteiger partial charge on any atom is 0.389 e. The van der Waals surface area contributed by atoms with E-state index in [1.165, 1.54) is 0 Å². The zero-order valence-corrected chi connectivity index (χ0v) is 10.6. The van der Waals surface area contributed by atoms with Gasteiger partial charge in [0, 0.05) is 10.9 Å². The third-order valence-corrected chi connectivity index (χ3v) is 3.34. The fourth-order valence-corrected chi connectivity index (χ4v) is 2.33. The van der Waals surface area contributed by atoms with E-state index in [4.69, 9.17) is 0 Å². The van der Waals surface area contributed by atoms with Crippen LogP contribution in [0.15, 0.2) is 28.7 Å². The Balaban J connectivity index is 2.72. The van der Waals surface area contributed by atoms with E-state index in [-0.39, 0.29) is 12.3 Å². The first-order chi connectivity index (χ1) is 7.44. The first-order valence-electron chi connectivity index (χ1n) is 5.25. The van der Waals surface area contributed by atoms with Gasteiger partial charge >= 0.3 is 6.18 Å². The first-order valence-corrected chi connectivity index (χ1v) is 6.04. The molecule has 0 aromatic heterocycles. The minimum atomic E-state index is -4.06. The van der Waals surface area contributed by atoms with Crippen molar-refractivity contribution < 1.29 is 13.2 Å². The van der Waals surface area contributed by atoms with Crippen LogP contribution in [-0.4, -0.2) is 6.18 Å². The van der Waals surface area contributed by atoms with Gasteiger partial charge in [0.05, 0.1) is 0 Å². The van der Waals surface area contributed by atoms with Crippen LogP contribution >= 0.6 is 15.9 Å². The molecular formula is C12H14BrF3. The molecule has 0 bridgehead atoms. The van der Waals surface area contributed by atoms with Gasteiger partial charge in [0.25, 0.3) is 0 Å². The normalized spacial score (nSPS) is 13.8. The highest BCUT2D eigenvalue weighted by atomic mass is 79.9. The molecule has 0 saturated carbocycles. The van der Waals surface area contributed by atoms with E-state index >= 15 is 0 Å².